The number of ether oxygens (including phenoxy) is 1. The number of hydrogen-bond acceptors (Lipinski definition) is 5. The highest BCUT2D eigenvalue weighted by atomic mass is 79.9. The molecule has 6 nitrogen and oxygen atoms in total. The predicted octanol–water partition coefficient (Wildman–Crippen LogP) is 2.39. The summed E-state index contributed by atoms with van der Waals surface area (Å²) in [6.07, 6.45) is 2.28. The average Bonchev–Trinajstić information content (AvgIpc) is 2.66. The van der Waals surface area contributed by atoms with E-state index in [0.29, 0.717) is 19.5 Å². The van der Waals surface area contributed by atoms with Crippen LogP contribution in [0.4, 0.5) is 0 Å². The van der Waals surface area contributed by atoms with Crippen molar-refractivity contribution in [2.24, 2.45) is 5.73 Å². The molecule has 2 N–H and O–H groups in total. The van der Waals surface area contributed by atoms with Gasteiger partial charge in [0.15, 0.2) is 0 Å². The van der Waals surface area contributed by atoms with E-state index in [1.807, 2.05) is 24.3 Å². The molecule has 0 bridgehead atoms. The van der Waals surface area contributed by atoms with Crippen LogP contribution in [0.2, 0.25) is 0 Å². The summed E-state index contributed by atoms with van der Waals surface area (Å²) in [6, 6.07) is 8.90. The van der Waals surface area contributed by atoms with Crippen LogP contribution in [0, 0.1) is 0 Å². The summed E-state index contributed by atoms with van der Waals surface area (Å²) in [6.45, 7) is 0.695. The Kier molecular flexibility index (Phi) is 7.35. The molecule has 1 amide bonds. The molecule has 1 aromatic heterocycles. The minimum atomic E-state index is -0.614. The number of rotatable bonds is 4. The molecule has 1 atom stereocenters. The molecule has 2 aromatic rings. The molecule has 0 radical (unpaired) electrons. The Balaban J connectivity index is 0.00000261. The Labute approximate surface area is 172 Å². The van der Waals surface area contributed by atoms with Crippen LogP contribution in [-0.2, 0) is 40.3 Å². The molecule has 0 saturated heterocycles. The second kappa shape index (κ2) is 9.30. The highest BCUT2D eigenvalue weighted by Crippen LogP contribution is 2.27. The topological polar surface area (TPSA) is 85.5 Å². The smallest absolute Gasteiger partial charge is 0.328 e. The van der Waals surface area contributed by atoms with Crippen molar-refractivity contribution >= 4 is 40.2 Å². The maximum Gasteiger partial charge on any atom is 0.328 e. The molecule has 0 saturated carbocycles. The number of benzene rings is 1. The Hall–Kier alpha value is -1.96. The van der Waals surface area contributed by atoms with Crippen molar-refractivity contribution in [3.63, 3.8) is 0 Å². The lowest BCUT2D eigenvalue weighted by molar-refractivity contribution is -0.153. The lowest BCUT2D eigenvalue weighted by Crippen LogP contribution is -2.49. The van der Waals surface area contributed by atoms with E-state index in [-0.39, 0.29) is 24.7 Å². The van der Waals surface area contributed by atoms with Crippen molar-refractivity contribution in [1.29, 1.82) is 0 Å². The van der Waals surface area contributed by atoms with Crippen LogP contribution in [0.15, 0.2) is 41.0 Å². The van der Waals surface area contributed by atoms with Crippen molar-refractivity contribution in [1.82, 2.24) is 9.88 Å². The second-order valence-electron chi connectivity index (χ2n) is 6.21. The SMILES string of the molecule is COC(=O)C1Cc2ccc(Br)cc2CN1C(=O)Cc1ccnc(CN)c1.Cl. The maximum atomic E-state index is 12.9. The molecular weight excluding hydrogens is 434 g/mol. The van der Waals surface area contributed by atoms with E-state index in [9.17, 15) is 9.59 Å². The minimum absolute atomic E-state index is 0. The van der Waals surface area contributed by atoms with E-state index in [1.165, 1.54) is 7.11 Å². The van der Waals surface area contributed by atoms with Crippen molar-refractivity contribution in [2.45, 2.75) is 32.0 Å². The lowest BCUT2D eigenvalue weighted by atomic mass is 9.93. The number of esters is 1. The first-order valence-electron chi connectivity index (χ1n) is 8.30. The first-order valence-corrected chi connectivity index (χ1v) is 9.09. The molecule has 1 aliphatic rings. The number of carbonyl (C=O) groups excluding carboxylic acids is 2. The molecule has 27 heavy (non-hydrogen) atoms. The van der Waals surface area contributed by atoms with Gasteiger partial charge in [-0.05, 0) is 41.0 Å². The zero-order valence-electron chi connectivity index (χ0n) is 14.9. The summed E-state index contributed by atoms with van der Waals surface area (Å²) in [7, 11) is 1.35. The number of pyridine rings is 1. The molecule has 1 aliphatic heterocycles. The van der Waals surface area contributed by atoms with Gasteiger partial charge >= 0.3 is 5.97 Å². The highest BCUT2D eigenvalue weighted by molar-refractivity contribution is 9.10. The zero-order valence-corrected chi connectivity index (χ0v) is 17.3. The van der Waals surface area contributed by atoms with Crippen LogP contribution in [0.5, 0.6) is 0 Å². The Morgan fingerprint density at radius 3 is 2.78 bits per heavy atom. The standard InChI is InChI=1S/C19H20BrN3O3.ClH/c1-26-19(25)17-9-13-2-3-15(20)8-14(13)11-23(17)18(24)7-12-4-5-22-16(6-12)10-21;/h2-6,8,17H,7,9-11,21H2,1H3;1H. The molecule has 1 aromatic carbocycles. The number of nitrogens with zero attached hydrogens (tertiary/aromatic N) is 2. The van der Waals surface area contributed by atoms with Crippen molar-refractivity contribution in [3.05, 3.63) is 63.4 Å². The first kappa shape index (κ1) is 21.3. The van der Waals surface area contributed by atoms with Crippen LogP contribution in [0.3, 0.4) is 0 Å². The molecule has 2 heterocycles. The number of aromatic nitrogens is 1. The van der Waals surface area contributed by atoms with Gasteiger partial charge in [0.2, 0.25) is 5.91 Å². The first-order chi connectivity index (χ1) is 12.5. The van der Waals surface area contributed by atoms with Crippen LogP contribution in [0.1, 0.15) is 22.4 Å². The van der Waals surface area contributed by atoms with E-state index >= 15 is 0 Å². The summed E-state index contributed by atoms with van der Waals surface area (Å²) in [5.41, 5.74) is 9.26. The average molecular weight is 455 g/mol. The predicted molar refractivity (Wildman–Crippen MR) is 107 cm³/mol. The summed E-state index contributed by atoms with van der Waals surface area (Å²) in [4.78, 5) is 31.0. The molecule has 144 valence electrons. The van der Waals surface area contributed by atoms with Gasteiger partial charge < -0.3 is 15.4 Å². The number of hydrogen-bond donors (Lipinski definition) is 1. The van der Waals surface area contributed by atoms with Gasteiger partial charge in [-0.1, -0.05) is 22.0 Å². The minimum Gasteiger partial charge on any atom is -0.467 e. The van der Waals surface area contributed by atoms with E-state index < -0.39 is 12.0 Å². The number of fused-ring (bicyclic) bond motifs is 1. The van der Waals surface area contributed by atoms with E-state index in [2.05, 4.69) is 20.9 Å². The quantitative estimate of drug-likeness (QED) is 0.717. The second-order valence-corrected chi connectivity index (χ2v) is 7.13. The Morgan fingerprint density at radius 1 is 1.30 bits per heavy atom. The maximum absolute atomic E-state index is 12.9. The van der Waals surface area contributed by atoms with Gasteiger partial charge in [0.25, 0.3) is 0 Å². The van der Waals surface area contributed by atoms with Crippen LogP contribution in [0.25, 0.3) is 0 Å². The fourth-order valence-corrected chi connectivity index (χ4v) is 3.60. The van der Waals surface area contributed by atoms with Gasteiger partial charge in [-0.25, -0.2) is 4.79 Å². The number of carbonyl (C=O) groups is 2. The normalized spacial score (nSPS) is 15.5. The van der Waals surface area contributed by atoms with Gasteiger partial charge in [-0.2, -0.15) is 0 Å². The molecule has 0 spiro atoms. The monoisotopic (exact) mass is 453 g/mol. The fraction of sp³-hybridized carbons (Fsp3) is 0.316. The van der Waals surface area contributed by atoms with Gasteiger partial charge in [0.1, 0.15) is 6.04 Å². The highest BCUT2D eigenvalue weighted by Gasteiger charge is 2.35. The summed E-state index contributed by atoms with van der Waals surface area (Å²) < 4.78 is 5.87. The summed E-state index contributed by atoms with van der Waals surface area (Å²) in [5, 5.41) is 0. The van der Waals surface area contributed by atoms with Crippen molar-refractivity contribution < 1.29 is 14.3 Å². The number of amides is 1. The van der Waals surface area contributed by atoms with Crippen molar-refractivity contribution in [2.75, 3.05) is 7.11 Å². The van der Waals surface area contributed by atoms with Gasteiger partial charge in [0.05, 0.1) is 19.2 Å². The Bertz CT molecular complexity index is 847. The van der Waals surface area contributed by atoms with E-state index in [1.54, 1.807) is 17.2 Å². The van der Waals surface area contributed by atoms with E-state index in [0.717, 1.165) is 26.9 Å². The molecule has 0 fully saturated rings. The Morgan fingerprint density at radius 2 is 2.07 bits per heavy atom. The van der Waals surface area contributed by atoms with Gasteiger partial charge in [-0.15, -0.1) is 12.4 Å². The molecule has 0 aliphatic carbocycles. The third-order valence-corrected chi connectivity index (χ3v) is 5.03. The molecule has 3 rings (SSSR count). The zero-order chi connectivity index (χ0) is 18.7. The van der Waals surface area contributed by atoms with Crippen LogP contribution >= 0.6 is 28.3 Å². The third kappa shape index (κ3) is 4.86. The van der Waals surface area contributed by atoms with E-state index in [4.69, 9.17) is 10.5 Å². The number of halogens is 2. The number of nitrogens with two attached hydrogens (primary N) is 1. The molecule has 8 heteroatoms. The molecule has 1 unspecified atom stereocenters. The van der Waals surface area contributed by atoms with Crippen LogP contribution < -0.4 is 5.73 Å². The van der Waals surface area contributed by atoms with Gasteiger partial charge in [0, 0.05) is 30.2 Å². The third-order valence-electron chi connectivity index (χ3n) is 4.54. The van der Waals surface area contributed by atoms with Crippen LogP contribution in [-0.4, -0.2) is 34.9 Å². The number of methoxy groups -OCH3 is 1. The van der Waals surface area contributed by atoms with Crippen molar-refractivity contribution in [3.8, 4) is 0 Å². The summed E-state index contributed by atoms with van der Waals surface area (Å²) >= 11 is 3.46. The lowest BCUT2D eigenvalue weighted by Gasteiger charge is -2.35. The summed E-state index contributed by atoms with van der Waals surface area (Å²) in [5.74, 6) is -0.524. The largest absolute Gasteiger partial charge is 0.467 e. The fourth-order valence-electron chi connectivity index (χ4n) is 3.19. The molecular formula is C19H21BrClN3O3. The van der Waals surface area contributed by atoms with Gasteiger partial charge in [-0.3, -0.25) is 9.78 Å².